The van der Waals surface area contributed by atoms with Crippen molar-refractivity contribution in [2.45, 2.75) is 44.7 Å². The predicted octanol–water partition coefficient (Wildman–Crippen LogP) is 3.11. The monoisotopic (exact) mass is 475 g/mol. The van der Waals surface area contributed by atoms with Gasteiger partial charge in [0.1, 0.15) is 12.2 Å². The van der Waals surface area contributed by atoms with Crippen LogP contribution < -0.4 is 10.1 Å². The zero-order chi connectivity index (χ0) is 24.0. The fourth-order valence-electron chi connectivity index (χ4n) is 4.63. The Kier molecular flexibility index (Phi) is 5.53. The molecule has 180 valence electrons. The standard InChI is InChI=1S/C22H24F3N7O2/c1-3-32-18(12-6-15(23)20(34-2)26-9-12)30-16-17(27-11-28-19(16)32)29-14-4-5-31(10-14)21(33)13-7-22(24,25)8-13/h6,9,11,13-14H,3-5,7-8,10H2,1-2H3,(H,27,28,29)/t14-/m0/s1. The van der Waals surface area contributed by atoms with Gasteiger partial charge in [0, 0.05) is 56.2 Å². The molecule has 12 heteroatoms. The molecule has 2 aliphatic rings. The number of amides is 1. The number of methoxy groups -OCH3 is 1. The van der Waals surface area contributed by atoms with Gasteiger partial charge < -0.3 is 19.5 Å². The van der Waals surface area contributed by atoms with Crippen molar-refractivity contribution in [1.82, 2.24) is 29.4 Å². The molecule has 5 rings (SSSR count). The van der Waals surface area contributed by atoms with Gasteiger partial charge in [-0.3, -0.25) is 4.79 Å². The van der Waals surface area contributed by atoms with Crippen LogP contribution in [0, 0.1) is 11.7 Å². The molecule has 34 heavy (non-hydrogen) atoms. The summed E-state index contributed by atoms with van der Waals surface area (Å²) < 4.78 is 47.3. The van der Waals surface area contributed by atoms with Crippen LogP contribution in [0.3, 0.4) is 0 Å². The Balaban J connectivity index is 1.38. The minimum atomic E-state index is -2.72. The Labute approximate surface area is 193 Å². The zero-order valence-electron chi connectivity index (χ0n) is 18.8. The van der Waals surface area contributed by atoms with Crippen LogP contribution in [0.4, 0.5) is 19.0 Å². The van der Waals surface area contributed by atoms with Crippen molar-refractivity contribution >= 4 is 22.9 Å². The second-order valence-corrected chi connectivity index (χ2v) is 8.66. The first-order valence-electron chi connectivity index (χ1n) is 11.1. The maximum absolute atomic E-state index is 14.3. The second kappa shape index (κ2) is 8.41. The van der Waals surface area contributed by atoms with Gasteiger partial charge in [0.05, 0.1) is 7.11 Å². The van der Waals surface area contributed by atoms with E-state index in [9.17, 15) is 18.0 Å². The van der Waals surface area contributed by atoms with Crippen molar-refractivity contribution in [2.24, 2.45) is 5.92 Å². The van der Waals surface area contributed by atoms with Gasteiger partial charge in [-0.2, -0.15) is 0 Å². The summed E-state index contributed by atoms with van der Waals surface area (Å²) in [4.78, 5) is 31.5. The van der Waals surface area contributed by atoms with Gasteiger partial charge >= 0.3 is 0 Å². The number of nitrogens with zero attached hydrogens (tertiary/aromatic N) is 6. The lowest BCUT2D eigenvalue weighted by molar-refractivity contribution is -0.158. The third kappa shape index (κ3) is 3.90. The Morgan fingerprint density at radius 1 is 1.29 bits per heavy atom. The van der Waals surface area contributed by atoms with Gasteiger partial charge in [-0.05, 0) is 19.4 Å². The molecule has 2 fully saturated rings. The van der Waals surface area contributed by atoms with E-state index in [2.05, 4.69) is 25.3 Å². The number of pyridine rings is 1. The lowest BCUT2D eigenvalue weighted by Crippen LogP contribution is -2.46. The molecule has 4 heterocycles. The molecule has 1 saturated carbocycles. The summed E-state index contributed by atoms with van der Waals surface area (Å²) in [5, 5.41) is 3.33. The average molecular weight is 475 g/mol. The molecule has 1 amide bonds. The van der Waals surface area contributed by atoms with Gasteiger partial charge in [-0.25, -0.2) is 33.1 Å². The van der Waals surface area contributed by atoms with Crippen LogP contribution in [0.15, 0.2) is 18.6 Å². The number of alkyl halides is 2. The van der Waals surface area contributed by atoms with E-state index in [-0.39, 0.29) is 30.7 Å². The molecule has 3 aromatic rings. The second-order valence-electron chi connectivity index (χ2n) is 8.66. The van der Waals surface area contributed by atoms with Gasteiger partial charge in [0.2, 0.25) is 17.7 Å². The molecule has 0 unspecified atom stereocenters. The Morgan fingerprint density at radius 3 is 2.76 bits per heavy atom. The fraction of sp³-hybridized carbons (Fsp3) is 0.500. The number of fused-ring (bicyclic) bond motifs is 1. The highest BCUT2D eigenvalue weighted by atomic mass is 19.3. The molecule has 1 aliphatic carbocycles. The van der Waals surface area contributed by atoms with E-state index in [1.807, 2.05) is 11.5 Å². The van der Waals surface area contributed by atoms with Crippen molar-refractivity contribution in [2.75, 3.05) is 25.5 Å². The van der Waals surface area contributed by atoms with E-state index < -0.39 is 17.7 Å². The van der Waals surface area contributed by atoms with Crippen molar-refractivity contribution in [1.29, 1.82) is 0 Å². The van der Waals surface area contributed by atoms with E-state index in [4.69, 9.17) is 4.74 Å². The predicted molar refractivity (Wildman–Crippen MR) is 117 cm³/mol. The fourth-order valence-corrected chi connectivity index (χ4v) is 4.63. The third-order valence-corrected chi connectivity index (χ3v) is 6.39. The molecule has 3 aromatic heterocycles. The van der Waals surface area contributed by atoms with E-state index in [1.165, 1.54) is 25.7 Å². The minimum Gasteiger partial charge on any atom is -0.479 e. The van der Waals surface area contributed by atoms with Crippen molar-refractivity contribution in [3.63, 3.8) is 0 Å². The molecule has 0 spiro atoms. The summed E-state index contributed by atoms with van der Waals surface area (Å²) in [6, 6.07) is 1.21. The highest BCUT2D eigenvalue weighted by Gasteiger charge is 2.50. The quantitative estimate of drug-likeness (QED) is 0.585. The normalized spacial score (nSPS) is 19.9. The SMILES string of the molecule is CCn1c(-c2cnc(OC)c(F)c2)nc2c(N[C@H]3CCN(C(=O)C4CC(F)(F)C4)C3)ncnc21. The summed E-state index contributed by atoms with van der Waals surface area (Å²) >= 11 is 0. The number of aryl methyl sites for hydroxylation is 1. The number of nitrogens with one attached hydrogen (secondary N) is 1. The maximum Gasteiger partial charge on any atom is 0.250 e. The average Bonchev–Trinajstić information content (AvgIpc) is 3.42. The maximum atomic E-state index is 14.3. The van der Waals surface area contributed by atoms with E-state index >= 15 is 0 Å². The van der Waals surface area contributed by atoms with Gasteiger partial charge in [-0.15, -0.1) is 0 Å². The van der Waals surface area contributed by atoms with E-state index in [0.29, 0.717) is 54.4 Å². The largest absolute Gasteiger partial charge is 0.479 e. The number of hydrogen-bond donors (Lipinski definition) is 1. The number of carbonyl (C=O) groups is 1. The van der Waals surface area contributed by atoms with Gasteiger partial charge in [0.15, 0.2) is 22.8 Å². The van der Waals surface area contributed by atoms with E-state index in [0.717, 1.165) is 0 Å². The summed E-state index contributed by atoms with van der Waals surface area (Å²) in [5.74, 6) is -3.24. The van der Waals surface area contributed by atoms with Crippen molar-refractivity contribution in [3.05, 3.63) is 24.4 Å². The Morgan fingerprint density at radius 2 is 2.09 bits per heavy atom. The van der Waals surface area contributed by atoms with Crippen LogP contribution in [0.2, 0.25) is 0 Å². The first kappa shape index (κ1) is 22.4. The molecule has 0 bridgehead atoms. The number of likely N-dealkylation sites (tertiary alicyclic amines) is 1. The Hall–Kier alpha value is -3.44. The molecule has 9 nitrogen and oxygen atoms in total. The number of imidazole rings is 1. The lowest BCUT2D eigenvalue weighted by atomic mass is 9.80. The summed E-state index contributed by atoms with van der Waals surface area (Å²) in [6.07, 6.45) is 2.83. The minimum absolute atomic E-state index is 0.0991. The van der Waals surface area contributed by atoms with Crippen LogP contribution in [-0.2, 0) is 11.3 Å². The smallest absolute Gasteiger partial charge is 0.250 e. The van der Waals surface area contributed by atoms with E-state index in [1.54, 1.807) is 4.90 Å². The molecule has 1 N–H and O–H groups in total. The number of hydrogen-bond acceptors (Lipinski definition) is 7. The number of rotatable bonds is 6. The number of carbonyl (C=O) groups excluding carboxylic acids is 1. The number of aromatic nitrogens is 5. The highest BCUT2D eigenvalue weighted by molar-refractivity contribution is 5.86. The first-order valence-corrected chi connectivity index (χ1v) is 11.1. The third-order valence-electron chi connectivity index (χ3n) is 6.39. The Bertz CT molecular complexity index is 1240. The molecule has 1 atom stereocenters. The van der Waals surface area contributed by atoms with Crippen LogP contribution in [0.1, 0.15) is 26.2 Å². The van der Waals surface area contributed by atoms with Crippen molar-refractivity contribution < 1.29 is 22.7 Å². The number of anilines is 1. The zero-order valence-corrected chi connectivity index (χ0v) is 18.8. The van der Waals surface area contributed by atoms with Crippen LogP contribution in [0.25, 0.3) is 22.6 Å². The first-order chi connectivity index (χ1) is 16.3. The number of ether oxygens (including phenoxy) is 1. The summed E-state index contributed by atoms with van der Waals surface area (Å²) in [7, 11) is 1.35. The number of halogens is 3. The van der Waals surface area contributed by atoms with Crippen LogP contribution >= 0.6 is 0 Å². The van der Waals surface area contributed by atoms with Crippen LogP contribution in [0.5, 0.6) is 5.88 Å². The van der Waals surface area contributed by atoms with Gasteiger partial charge in [-0.1, -0.05) is 0 Å². The van der Waals surface area contributed by atoms with Gasteiger partial charge in [0.25, 0.3) is 0 Å². The van der Waals surface area contributed by atoms with Crippen molar-refractivity contribution in [3.8, 4) is 17.3 Å². The lowest BCUT2D eigenvalue weighted by Gasteiger charge is -2.36. The summed E-state index contributed by atoms with van der Waals surface area (Å²) in [6.45, 7) is 3.37. The molecule has 0 radical (unpaired) electrons. The molecule has 1 saturated heterocycles. The highest BCUT2D eigenvalue weighted by Crippen LogP contribution is 2.43. The summed E-state index contributed by atoms with van der Waals surface area (Å²) in [5.41, 5.74) is 1.56. The molecule has 1 aliphatic heterocycles. The topological polar surface area (TPSA) is 98.1 Å². The molecular formula is C22H24F3N7O2. The molecular weight excluding hydrogens is 451 g/mol. The molecule has 0 aromatic carbocycles. The van der Waals surface area contributed by atoms with Crippen LogP contribution in [-0.4, -0.2) is 67.5 Å².